The van der Waals surface area contributed by atoms with Gasteiger partial charge in [-0.25, -0.2) is 13.1 Å². The third-order valence-corrected chi connectivity index (χ3v) is 8.44. The fourth-order valence-electron chi connectivity index (χ4n) is 4.69. The fourth-order valence-corrected chi connectivity index (χ4v) is 6.43. The highest BCUT2D eigenvalue weighted by molar-refractivity contribution is 7.89. The van der Waals surface area contributed by atoms with E-state index in [1.165, 1.54) is 32.2 Å². The van der Waals surface area contributed by atoms with E-state index >= 15 is 0 Å². The van der Waals surface area contributed by atoms with E-state index in [4.69, 9.17) is 0 Å². The molecule has 176 valence electrons. The topological polar surface area (TPSA) is 74.6 Å². The van der Waals surface area contributed by atoms with Crippen molar-refractivity contribution in [3.8, 4) is 0 Å². The lowest BCUT2D eigenvalue weighted by atomic mass is 10.2. The van der Waals surface area contributed by atoms with Gasteiger partial charge in [-0.1, -0.05) is 61.7 Å². The van der Waals surface area contributed by atoms with Crippen molar-refractivity contribution in [1.82, 2.24) is 29.1 Å². The second kappa shape index (κ2) is 10.9. The second-order valence-electron chi connectivity index (χ2n) is 9.06. The zero-order valence-electron chi connectivity index (χ0n) is 19.1. The molecule has 2 aliphatic heterocycles. The van der Waals surface area contributed by atoms with Crippen molar-refractivity contribution in [2.45, 2.75) is 51.7 Å². The first-order valence-electron chi connectivity index (χ1n) is 11.9. The molecule has 32 heavy (non-hydrogen) atoms. The maximum atomic E-state index is 12.8. The summed E-state index contributed by atoms with van der Waals surface area (Å²) in [5.41, 5.74) is 1.84. The molecule has 2 aromatic rings. The molecule has 0 aliphatic carbocycles. The van der Waals surface area contributed by atoms with Crippen LogP contribution in [0.5, 0.6) is 0 Å². The van der Waals surface area contributed by atoms with Crippen LogP contribution in [0.15, 0.2) is 36.5 Å². The first kappa shape index (κ1) is 23.4. The molecule has 2 fully saturated rings. The molecule has 0 spiro atoms. The van der Waals surface area contributed by atoms with Crippen LogP contribution in [-0.4, -0.2) is 88.6 Å². The molecule has 1 unspecified atom stereocenters. The number of sulfonamides is 1. The molecule has 0 N–H and O–H groups in total. The van der Waals surface area contributed by atoms with Gasteiger partial charge >= 0.3 is 0 Å². The Morgan fingerprint density at radius 2 is 1.78 bits per heavy atom. The highest BCUT2D eigenvalue weighted by Gasteiger charge is 2.40. The van der Waals surface area contributed by atoms with Gasteiger partial charge in [0.1, 0.15) is 0 Å². The maximum absolute atomic E-state index is 12.8. The minimum absolute atomic E-state index is 0.0709. The van der Waals surface area contributed by atoms with Crippen LogP contribution in [0, 0.1) is 0 Å². The molecule has 1 aromatic carbocycles. The lowest BCUT2D eigenvalue weighted by Gasteiger charge is -2.37. The number of hydrogen-bond donors (Lipinski definition) is 0. The largest absolute Gasteiger partial charge is 0.301 e. The van der Waals surface area contributed by atoms with Gasteiger partial charge in [0, 0.05) is 38.8 Å². The van der Waals surface area contributed by atoms with Crippen LogP contribution in [0.2, 0.25) is 0 Å². The summed E-state index contributed by atoms with van der Waals surface area (Å²) in [4.78, 5) is 4.89. The number of nitrogens with zero attached hydrogens (tertiary/aromatic N) is 6. The molecule has 0 radical (unpaired) electrons. The van der Waals surface area contributed by atoms with Crippen molar-refractivity contribution < 1.29 is 8.42 Å². The van der Waals surface area contributed by atoms with Gasteiger partial charge in [0.15, 0.2) is 0 Å². The maximum Gasteiger partial charge on any atom is 0.216 e. The SMILES string of the molecule is CCCCCCN1CCN(C2CN(Cc3cn(Cc4ccccc4)nn3)S(=O)(=O)C2)CC1. The lowest BCUT2D eigenvalue weighted by molar-refractivity contribution is 0.0996. The van der Waals surface area contributed by atoms with Gasteiger partial charge in [-0.05, 0) is 18.5 Å². The minimum atomic E-state index is -3.27. The number of hydrogen-bond acceptors (Lipinski definition) is 6. The summed E-state index contributed by atoms with van der Waals surface area (Å²) in [6.45, 7) is 8.87. The summed E-state index contributed by atoms with van der Waals surface area (Å²) in [6, 6.07) is 10.1. The second-order valence-corrected chi connectivity index (χ2v) is 11.1. The Morgan fingerprint density at radius 3 is 2.53 bits per heavy atom. The number of rotatable bonds is 10. The van der Waals surface area contributed by atoms with Crippen LogP contribution in [0.25, 0.3) is 0 Å². The average Bonchev–Trinajstić information content (AvgIpc) is 3.36. The Balaban J connectivity index is 1.27. The molecule has 9 heteroatoms. The molecule has 0 saturated carbocycles. The van der Waals surface area contributed by atoms with Crippen LogP contribution in [-0.2, 0) is 23.1 Å². The number of benzene rings is 1. The number of unbranched alkanes of at least 4 members (excludes halogenated alkanes) is 3. The molecule has 0 bridgehead atoms. The van der Waals surface area contributed by atoms with Crippen LogP contribution in [0.1, 0.15) is 43.9 Å². The molecule has 3 heterocycles. The van der Waals surface area contributed by atoms with Crippen molar-refractivity contribution in [3.05, 3.63) is 47.8 Å². The summed E-state index contributed by atoms with van der Waals surface area (Å²) >= 11 is 0. The summed E-state index contributed by atoms with van der Waals surface area (Å²) in [7, 11) is -3.27. The molecule has 8 nitrogen and oxygen atoms in total. The van der Waals surface area contributed by atoms with E-state index in [1.807, 2.05) is 36.5 Å². The van der Waals surface area contributed by atoms with Gasteiger partial charge < -0.3 is 4.90 Å². The monoisotopic (exact) mass is 460 g/mol. The van der Waals surface area contributed by atoms with Crippen molar-refractivity contribution in [1.29, 1.82) is 0 Å². The average molecular weight is 461 g/mol. The number of aromatic nitrogens is 3. The summed E-state index contributed by atoms with van der Waals surface area (Å²) < 4.78 is 29.0. The Bertz CT molecular complexity index is 940. The highest BCUT2D eigenvalue weighted by atomic mass is 32.2. The molecule has 1 aromatic heterocycles. The van der Waals surface area contributed by atoms with Gasteiger partial charge in [0.05, 0.1) is 30.7 Å². The van der Waals surface area contributed by atoms with E-state index in [9.17, 15) is 8.42 Å². The van der Waals surface area contributed by atoms with Gasteiger partial charge in [0.2, 0.25) is 10.0 Å². The van der Waals surface area contributed by atoms with Crippen LogP contribution >= 0.6 is 0 Å². The van der Waals surface area contributed by atoms with E-state index in [-0.39, 0.29) is 11.8 Å². The van der Waals surface area contributed by atoms with E-state index in [0.29, 0.717) is 25.3 Å². The van der Waals surface area contributed by atoms with Crippen LogP contribution in [0.4, 0.5) is 0 Å². The van der Waals surface area contributed by atoms with Gasteiger partial charge in [-0.15, -0.1) is 5.10 Å². The third kappa shape index (κ3) is 6.15. The standard InChI is InChI=1S/C23H36N6O2S/c1-2-3-4-8-11-26-12-14-27(15-13-26)23-19-29(32(30,31)20-23)18-22-17-28(25-24-22)16-21-9-6-5-7-10-21/h5-7,9-10,17,23H,2-4,8,11-16,18-20H2,1H3. The molecular formula is C23H36N6O2S. The van der Waals surface area contributed by atoms with E-state index < -0.39 is 10.0 Å². The third-order valence-electron chi connectivity index (χ3n) is 6.57. The minimum Gasteiger partial charge on any atom is -0.301 e. The van der Waals surface area contributed by atoms with Crippen LogP contribution < -0.4 is 0 Å². The predicted octanol–water partition coefficient (Wildman–Crippen LogP) is 2.04. The Morgan fingerprint density at radius 1 is 1.00 bits per heavy atom. The van der Waals surface area contributed by atoms with Gasteiger partial charge in [-0.3, -0.25) is 4.90 Å². The first-order valence-corrected chi connectivity index (χ1v) is 13.5. The normalized spacial score (nSPS) is 22.5. The zero-order chi connectivity index (χ0) is 22.4. The zero-order valence-corrected chi connectivity index (χ0v) is 20.0. The quantitative estimate of drug-likeness (QED) is 0.505. The van der Waals surface area contributed by atoms with Crippen molar-refractivity contribution in [2.24, 2.45) is 0 Å². The summed E-state index contributed by atoms with van der Waals surface area (Å²) in [5.74, 6) is 0.210. The van der Waals surface area contributed by atoms with E-state index in [1.54, 1.807) is 8.99 Å². The molecule has 2 aliphatic rings. The Kier molecular flexibility index (Phi) is 7.93. The molecule has 4 rings (SSSR count). The molecule has 1 atom stereocenters. The Hall–Kier alpha value is -1.81. The van der Waals surface area contributed by atoms with Crippen molar-refractivity contribution in [3.63, 3.8) is 0 Å². The predicted molar refractivity (Wildman–Crippen MR) is 126 cm³/mol. The van der Waals surface area contributed by atoms with Gasteiger partial charge in [0.25, 0.3) is 0 Å². The smallest absolute Gasteiger partial charge is 0.216 e. The highest BCUT2D eigenvalue weighted by Crippen LogP contribution is 2.22. The molecule has 0 amide bonds. The molecular weight excluding hydrogens is 424 g/mol. The fraction of sp³-hybridized carbons (Fsp3) is 0.652. The summed E-state index contributed by atoms with van der Waals surface area (Å²) in [5, 5.41) is 8.40. The van der Waals surface area contributed by atoms with Crippen molar-refractivity contribution >= 4 is 10.0 Å². The molecule has 2 saturated heterocycles. The summed E-state index contributed by atoms with van der Waals surface area (Å²) in [6.07, 6.45) is 7.01. The first-order chi connectivity index (χ1) is 15.5. The van der Waals surface area contributed by atoms with E-state index in [2.05, 4.69) is 27.0 Å². The van der Waals surface area contributed by atoms with Crippen molar-refractivity contribution in [2.75, 3.05) is 45.0 Å². The Labute approximate surface area is 192 Å². The number of piperazine rings is 1. The van der Waals surface area contributed by atoms with Gasteiger partial charge in [-0.2, -0.15) is 4.31 Å². The van der Waals surface area contributed by atoms with Crippen LogP contribution in [0.3, 0.4) is 0 Å². The van der Waals surface area contributed by atoms with E-state index in [0.717, 1.165) is 31.7 Å². The lowest BCUT2D eigenvalue weighted by Crippen LogP contribution is -2.51.